The van der Waals surface area contributed by atoms with Crippen molar-refractivity contribution in [3.8, 4) is 0 Å². The van der Waals surface area contributed by atoms with Gasteiger partial charge in [-0.15, -0.1) is 0 Å². The number of hydrogen-bond acceptors (Lipinski definition) is 3. The topological polar surface area (TPSA) is 32.5 Å². The Morgan fingerprint density at radius 2 is 1.68 bits per heavy atom. The lowest BCUT2D eigenvalue weighted by atomic mass is 10.00. The van der Waals surface area contributed by atoms with Crippen molar-refractivity contribution in [2.24, 2.45) is 5.73 Å². The Hall–Kier alpha value is -0.900. The Labute approximate surface area is 118 Å². The maximum absolute atomic E-state index is 5.69. The average Bonchev–Trinajstić information content (AvgIpc) is 2.38. The van der Waals surface area contributed by atoms with Crippen molar-refractivity contribution in [3.63, 3.8) is 0 Å². The van der Waals surface area contributed by atoms with E-state index in [0.29, 0.717) is 12.5 Å². The van der Waals surface area contributed by atoms with Crippen LogP contribution in [0.3, 0.4) is 0 Å². The number of nitrogens with zero attached hydrogens (tertiary/aromatic N) is 2. The summed E-state index contributed by atoms with van der Waals surface area (Å²) in [6, 6.07) is 8.87. The lowest BCUT2D eigenvalue weighted by Gasteiger charge is -2.18. The zero-order chi connectivity index (χ0) is 14.3. The van der Waals surface area contributed by atoms with E-state index in [0.717, 1.165) is 19.6 Å². The molecule has 3 heteroatoms. The molecule has 108 valence electrons. The molecule has 1 unspecified atom stereocenters. The first-order valence-electron chi connectivity index (χ1n) is 7.15. The van der Waals surface area contributed by atoms with E-state index in [1.165, 1.54) is 17.5 Å². The zero-order valence-corrected chi connectivity index (χ0v) is 12.9. The van der Waals surface area contributed by atoms with E-state index in [4.69, 9.17) is 5.73 Å². The molecule has 0 aliphatic heterocycles. The quantitative estimate of drug-likeness (QED) is 0.780. The van der Waals surface area contributed by atoms with Crippen LogP contribution in [0.25, 0.3) is 0 Å². The molecule has 0 saturated heterocycles. The molecule has 0 fully saturated rings. The smallest absolute Gasteiger partial charge is 0.0230 e. The van der Waals surface area contributed by atoms with Crippen LogP contribution in [-0.4, -0.2) is 50.6 Å². The molecular weight excluding hydrogens is 234 g/mol. The maximum atomic E-state index is 5.69. The monoisotopic (exact) mass is 263 g/mol. The van der Waals surface area contributed by atoms with Gasteiger partial charge < -0.3 is 15.5 Å². The van der Waals surface area contributed by atoms with Gasteiger partial charge in [0, 0.05) is 6.54 Å². The number of nitrogens with two attached hydrogens (primary N) is 1. The summed E-state index contributed by atoms with van der Waals surface area (Å²) in [5.74, 6) is 0.451. The van der Waals surface area contributed by atoms with Crippen LogP contribution in [0.5, 0.6) is 0 Å². The summed E-state index contributed by atoms with van der Waals surface area (Å²) in [6.45, 7) is 6.19. The fraction of sp³-hybridized carbons (Fsp3) is 0.625. The van der Waals surface area contributed by atoms with Gasteiger partial charge in [-0.05, 0) is 64.2 Å². The van der Waals surface area contributed by atoms with Gasteiger partial charge in [-0.25, -0.2) is 0 Å². The minimum Gasteiger partial charge on any atom is -0.330 e. The van der Waals surface area contributed by atoms with E-state index < -0.39 is 0 Å². The highest BCUT2D eigenvalue weighted by atomic mass is 15.1. The zero-order valence-electron chi connectivity index (χ0n) is 12.9. The van der Waals surface area contributed by atoms with Crippen molar-refractivity contribution in [3.05, 3.63) is 35.4 Å². The highest BCUT2D eigenvalue weighted by molar-refractivity contribution is 5.25. The molecule has 3 nitrogen and oxygen atoms in total. The van der Waals surface area contributed by atoms with Crippen molar-refractivity contribution in [2.45, 2.75) is 25.8 Å². The van der Waals surface area contributed by atoms with E-state index >= 15 is 0 Å². The number of hydrogen-bond donors (Lipinski definition) is 1. The van der Waals surface area contributed by atoms with Gasteiger partial charge in [-0.2, -0.15) is 0 Å². The van der Waals surface area contributed by atoms with E-state index in [1.54, 1.807) is 0 Å². The Balaban J connectivity index is 2.40. The molecule has 19 heavy (non-hydrogen) atoms. The molecule has 0 radical (unpaired) electrons. The standard InChI is InChI=1S/C16H29N3/c1-14(12-17)16-8-6-15(7-9-16)13-19(4)11-5-10-18(2)3/h6-9,14H,5,10-13,17H2,1-4H3. The molecule has 1 aromatic carbocycles. The molecule has 2 N–H and O–H groups in total. The third-order valence-electron chi connectivity index (χ3n) is 3.50. The van der Waals surface area contributed by atoms with Crippen molar-refractivity contribution in [2.75, 3.05) is 40.8 Å². The molecule has 0 saturated carbocycles. The molecule has 1 rings (SSSR count). The van der Waals surface area contributed by atoms with Gasteiger partial charge in [0.2, 0.25) is 0 Å². The first-order chi connectivity index (χ1) is 9.02. The van der Waals surface area contributed by atoms with Gasteiger partial charge in [0.15, 0.2) is 0 Å². The first-order valence-corrected chi connectivity index (χ1v) is 7.15. The second kappa shape index (κ2) is 8.31. The van der Waals surface area contributed by atoms with Crippen molar-refractivity contribution in [1.82, 2.24) is 9.80 Å². The molecule has 0 heterocycles. The average molecular weight is 263 g/mol. The summed E-state index contributed by atoms with van der Waals surface area (Å²) in [4.78, 5) is 4.61. The fourth-order valence-electron chi connectivity index (χ4n) is 2.14. The summed E-state index contributed by atoms with van der Waals surface area (Å²) >= 11 is 0. The maximum Gasteiger partial charge on any atom is 0.0230 e. The van der Waals surface area contributed by atoms with Crippen LogP contribution >= 0.6 is 0 Å². The molecule has 0 aliphatic rings. The Morgan fingerprint density at radius 3 is 2.21 bits per heavy atom. The summed E-state index contributed by atoms with van der Waals surface area (Å²) in [6.07, 6.45) is 1.21. The second-order valence-electron chi connectivity index (χ2n) is 5.77. The molecule has 1 atom stereocenters. The summed E-state index contributed by atoms with van der Waals surface area (Å²) in [5.41, 5.74) is 8.40. The van der Waals surface area contributed by atoms with Crippen LogP contribution in [0.1, 0.15) is 30.4 Å². The molecule has 0 aromatic heterocycles. The SMILES string of the molecule is CC(CN)c1ccc(CN(C)CCCN(C)C)cc1. The van der Waals surface area contributed by atoms with E-state index in [-0.39, 0.29) is 0 Å². The summed E-state index contributed by atoms with van der Waals surface area (Å²) in [5, 5.41) is 0. The van der Waals surface area contributed by atoms with Crippen LogP contribution < -0.4 is 5.73 Å². The predicted octanol–water partition coefficient (Wildman–Crippen LogP) is 2.13. The molecule has 1 aromatic rings. The predicted molar refractivity (Wildman–Crippen MR) is 83.4 cm³/mol. The van der Waals surface area contributed by atoms with E-state index in [9.17, 15) is 0 Å². The molecule has 0 bridgehead atoms. The Kier molecular flexibility index (Phi) is 7.06. The largest absolute Gasteiger partial charge is 0.330 e. The third-order valence-corrected chi connectivity index (χ3v) is 3.50. The molecule has 0 aliphatic carbocycles. The van der Waals surface area contributed by atoms with Gasteiger partial charge in [0.25, 0.3) is 0 Å². The Morgan fingerprint density at radius 1 is 1.05 bits per heavy atom. The Bertz CT molecular complexity index is 346. The highest BCUT2D eigenvalue weighted by Crippen LogP contribution is 2.15. The van der Waals surface area contributed by atoms with Gasteiger partial charge >= 0.3 is 0 Å². The van der Waals surface area contributed by atoms with Crippen molar-refractivity contribution < 1.29 is 0 Å². The summed E-state index contributed by atoms with van der Waals surface area (Å²) in [7, 11) is 6.43. The molecular formula is C16H29N3. The van der Waals surface area contributed by atoms with Gasteiger partial charge in [-0.3, -0.25) is 0 Å². The van der Waals surface area contributed by atoms with Crippen molar-refractivity contribution in [1.29, 1.82) is 0 Å². The van der Waals surface area contributed by atoms with E-state index in [2.05, 4.69) is 62.1 Å². The van der Waals surface area contributed by atoms with Crippen LogP contribution in [-0.2, 0) is 6.54 Å². The highest BCUT2D eigenvalue weighted by Gasteiger charge is 2.04. The van der Waals surface area contributed by atoms with Crippen LogP contribution in [0.2, 0.25) is 0 Å². The minimum atomic E-state index is 0.451. The summed E-state index contributed by atoms with van der Waals surface area (Å²) < 4.78 is 0. The fourth-order valence-corrected chi connectivity index (χ4v) is 2.14. The van der Waals surface area contributed by atoms with Crippen LogP contribution in [0.15, 0.2) is 24.3 Å². The van der Waals surface area contributed by atoms with Crippen molar-refractivity contribution >= 4 is 0 Å². The normalized spacial score (nSPS) is 13.2. The second-order valence-corrected chi connectivity index (χ2v) is 5.77. The van der Waals surface area contributed by atoms with Crippen LogP contribution in [0, 0.1) is 0 Å². The van der Waals surface area contributed by atoms with Crippen LogP contribution in [0.4, 0.5) is 0 Å². The van der Waals surface area contributed by atoms with Gasteiger partial charge in [0.05, 0.1) is 0 Å². The molecule has 0 amide bonds. The molecule has 0 spiro atoms. The lowest BCUT2D eigenvalue weighted by Crippen LogP contribution is -2.23. The van der Waals surface area contributed by atoms with Gasteiger partial charge in [0.1, 0.15) is 0 Å². The number of rotatable bonds is 8. The third kappa shape index (κ3) is 6.19. The first kappa shape index (κ1) is 16.2. The van der Waals surface area contributed by atoms with Gasteiger partial charge in [-0.1, -0.05) is 31.2 Å². The van der Waals surface area contributed by atoms with E-state index in [1.807, 2.05) is 0 Å². The minimum absolute atomic E-state index is 0.451. The lowest BCUT2D eigenvalue weighted by molar-refractivity contribution is 0.294. The number of benzene rings is 1.